The highest BCUT2D eigenvalue weighted by molar-refractivity contribution is 7.11. The molecule has 0 atom stereocenters. The maximum Gasteiger partial charge on any atom is 0.135 e. The number of nitrogens with zero attached hydrogens (tertiary/aromatic N) is 3. The molecule has 2 N–H and O–H groups in total. The van der Waals surface area contributed by atoms with Gasteiger partial charge in [0.1, 0.15) is 16.6 Å². The number of thiazole rings is 1. The number of hydrogen-bond donors (Lipinski definition) is 2. The Bertz CT molecular complexity index is 998. The minimum absolute atomic E-state index is 0.247. The molecule has 3 heterocycles. The van der Waals surface area contributed by atoms with Gasteiger partial charge < -0.3 is 14.6 Å². The standard InChI is InChI=1S/C19H20N4OS/c1-12-11-25-19(21-12)17-16(24)10-23(18(17)20)8-7-13-9-22(2)15-6-4-3-5-14(13)15/h3-6,9,11,20,24H,7-8,10H2,1-2H3. The smallest absolute Gasteiger partial charge is 0.135 e. The second-order valence-corrected chi connectivity index (χ2v) is 7.28. The molecule has 4 rings (SSSR count). The van der Waals surface area contributed by atoms with Crippen LogP contribution in [-0.4, -0.2) is 38.5 Å². The van der Waals surface area contributed by atoms with E-state index < -0.39 is 0 Å². The summed E-state index contributed by atoms with van der Waals surface area (Å²) in [5, 5.41) is 22.7. The Morgan fingerprint density at radius 3 is 2.88 bits per heavy atom. The van der Waals surface area contributed by atoms with Gasteiger partial charge in [-0.05, 0) is 25.0 Å². The van der Waals surface area contributed by atoms with Crippen LogP contribution in [0.1, 0.15) is 16.3 Å². The van der Waals surface area contributed by atoms with Crippen molar-refractivity contribution in [2.24, 2.45) is 7.05 Å². The normalized spacial score (nSPS) is 15.0. The van der Waals surface area contributed by atoms with Crippen LogP contribution >= 0.6 is 11.3 Å². The molecule has 0 amide bonds. The lowest BCUT2D eigenvalue weighted by Crippen LogP contribution is -2.28. The Kier molecular flexibility index (Phi) is 3.84. The van der Waals surface area contributed by atoms with E-state index in [2.05, 4.69) is 41.0 Å². The number of para-hydroxylation sites is 1. The molecule has 0 radical (unpaired) electrons. The Balaban J connectivity index is 1.52. The third-order valence-corrected chi connectivity index (χ3v) is 5.62. The van der Waals surface area contributed by atoms with Gasteiger partial charge in [-0.3, -0.25) is 5.41 Å². The van der Waals surface area contributed by atoms with Gasteiger partial charge >= 0.3 is 0 Å². The molecule has 0 saturated heterocycles. The molecule has 25 heavy (non-hydrogen) atoms. The second-order valence-electron chi connectivity index (χ2n) is 6.42. The summed E-state index contributed by atoms with van der Waals surface area (Å²) in [4.78, 5) is 6.34. The van der Waals surface area contributed by atoms with Crippen LogP contribution < -0.4 is 0 Å². The number of fused-ring (bicyclic) bond motifs is 1. The van der Waals surface area contributed by atoms with Crippen molar-refractivity contribution in [3.05, 3.63) is 57.9 Å². The number of amidine groups is 1. The van der Waals surface area contributed by atoms with E-state index >= 15 is 0 Å². The number of aliphatic hydroxyl groups excluding tert-OH is 1. The van der Waals surface area contributed by atoms with Crippen molar-refractivity contribution in [3.63, 3.8) is 0 Å². The van der Waals surface area contributed by atoms with Crippen molar-refractivity contribution in [1.82, 2.24) is 14.5 Å². The fourth-order valence-corrected chi connectivity index (χ4v) is 4.26. The minimum Gasteiger partial charge on any atom is -0.510 e. The largest absolute Gasteiger partial charge is 0.510 e. The van der Waals surface area contributed by atoms with Gasteiger partial charge in [0.2, 0.25) is 0 Å². The quantitative estimate of drug-likeness (QED) is 0.752. The van der Waals surface area contributed by atoms with Crippen LogP contribution in [0.25, 0.3) is 16.5 Å². The predicted molar refractivity (Wildman–Crippen MR) is 102 cm³/mol. The van der Waals surface area contributed by atoms with Crippen LogP contribution in [0, 0.1) is 12.3 Å². The zero-order valence-corrected chi connectivity index (χ0v) is 15.1. The molecule has 128 valence electrons. The van der Waals surface area contributed by atoms with E-state index in [4.69, 9.17) is 5.41 Å². The first kappa shape index (κ1) is 15.9. The van der Waals surface area contributed by atoms with E-state index in [-0.39, 0.29) is 5.76 Å². The average molecular weight is 352 g/mol. The van der Waals surface area contributed by atoms with Gasteiger partial charge in [0.25, 0.3) is 0 Å². The molecule has 1 aliphatic rings. The van der Waals surface area contributed by atoms with Crippen molar-refractivity contribution in [2.45, 2.75) is 13.3 Å². The number of rotatable bonds is 4. The zero-order chi connectivity index (χ0) is 17.6. The lowest BCUT2D eigenvalue weighted by atomic mass is 10.1. The molecule has 1 aromatic carbocycles. The summed E-state index contributed by atoms with van der Waals surface area (Å²) in [6, 6.07) is 8.36. The van der Waals surface area contributed by atoms with Gasteiger partial charge in [-0.25, -0.2) is 4.98 Å². The summed E-state index contributed by atoms with van der Waals surface area (Å²) in [6.07, 6.45) is 2.99. The van der Waals surface area contributed by atoms with Crippen LogP contribution in [0.15, 0.2) is 41.6 Å². The molecule has 5 nitrogen and oxygen atoms in total. The fourth-order valence-electron chi connectivity index (χ4n) is 3.40. The Hall–Kier alpha value is -2.60. The Morgan fingerprint density at radius 1 is 1.32 bits per heavy atom. The summed E-state index contributed by atoms with van der Waals surface area (Å²) in [7, 11) is 2.06. The monoisotopic (exact) mass is 352 g/mol. The summed E-state index contributed by atoms with van der Waals surface area (Å²) in [6.45, 7) is 3.01. The topological polar surface area (TPSA) is 65.1 Å². The SMILES string of the molecule is Cc1csc(C2=C(O)CN(CCc3cn(C)c4ccccc34)C2=N)n1. The maximum absolute atomic E-state index is 10.3. The van der Waals surface area contributed by atoms with Crippen LogP contribution in [0.5, 0.6) is 0 Å². The van der Waals surface area contributed by atoms with Crippen molar-refractivity contribution < 1.29 is 5.11 Å². The Labute approximate surface area is 150 Å². The van der Waals surface area contributed by atoms with Crippen molar-refractivity contribution in [2.75, 3.05) is 13.1 Å². The molecule has 1 aliphatic heterocycles. The number of aliphatic hydroxyl groups is 1. The number of aromatic nitrogens is 2. The minimum atomic E-state index is 0.247. The van der Waals surface area contributed by atoms with E-state index in [0.717, 1.165) is 17.1 Å². The van der Waals surface area contributed by atoms with E-state index in [1.165, 1.54) is 27.8 Å². The first-order chi connectivity index (χ1) is 12.0. The lowest BCUT2D eigenvalue weighted by Gasteiger charge is -2.18. The van der Waals surface area contributed by atoms with Gasteiger partial charge in [0.15, 0.2) is 0 Å². The molecule has 0 aliphatic carbocycles. The van der Waals surface area contributed by atoms with Crippen molar-refractivity contribution in [3.8, 4) is 0 Å². The fraction of sp³-hybridized carbons (Fsp3) is 0.263. The highest BCUT2D eigenvalue weighted by Gasteiger charge is 2.29. The summed E-state index contributed by atoms with van der Waals surface area (Å²) < 4.78 is 2.14. The van der Waals surface area contributed by atoms with Crippen molar-refractivity contribution >= 4 is 33.6 Å². The molecular formula is C19H20N4OS. The summed E-state index contributed by atoms with van der Waals surface area (Å²) >= 11 is 1.48. The highest BCUT2D eigenvalue weighted by atomic mass is 32.1. The molecule has 0 saturated carbocycles. The van der Waals surface area contributed by atoms with Gasteiger partial charge in [-0.15, -0.1) is 11.3 Å². The first-order valence-corrected chi connectivity index (χ1v) is 9.14. The van der Waals surface area contributed by atoms with Gasteiger partial charge in [0, 0.05) is 41.8 Å². The second kappa shape index (κ2) is 6.04. The molecule has 0 unspecified atom stereocenters. The third-order valence-electron chi connectivity index (χ3n) is 4.65. The van der Waals surface area contributed by atoms with Crippen LogP contribution in [0.2, 0.25) is 0 Å². The summed E-state index contributed by atoms with van der Waals surface area (Å²) in [5.41, 5.74) is 3.98. The Morgan fingerprint density at radius 2 is 2.12 bits per heavy atom. The van der Waals surface area contributed by atoms with E-state index in [0.29, 0.717) is 24.5 Å². The van der Waals surface area contributed by atoms with Gasteiger partial charge in [-0.2, -0.15) is 0 Å². The molecule has 0 spiro atoms. The number of hydrogen-bond acceptors (Lipinski definition) is 4. The number of aryl methyl sites for hydroxylation is 2. The third kappa shape index (κ3) is 2.72. The number of benzene rings is 1. The molecule has 2 aromatic heterocycles. The average Bonchev–Trinajstić information content (AvgIpc) is 3.23. The molecular weight excluding hydrogens is 332 g/mol. The highest BCUT2D eigenvalue weighted by Crippen LogP contribution is 2.30. The summed E-state index contributed by atoms with van der Waals surface area (Å²) in [5.74, 6) is 0.615. The van der Waals surface area contributed by atoms with Gasteiger partial charge in [0.05, 0.1) is 12.1 Å². The first-order valence-electron chi connectivity index (χ1n) is 8.26. The zero-order valence-electron chi connectivity index (χ0n) is 14.3. The maximum atomic E-state index is 10.3. The van der Waals surface area contributed by atoms with Crippen molar-refractivity contribution in [1.29, 1.82) is 5.41 Å². The molecule has 3 aromatic rings. The van der Waals surface area contributed by atoms with E-state index in [1.807, 2.05) is 23.3 Å². The molecule has 6 heteroatoms. The molecule has 0 fully saturated rings. The van der Waals surface area contributed by atoms with Crippen LogP contribution in [-0.2, 0) is 13.5 Å². The number of nitrogens with one attached hydrogen (secondary N) is 1. The lowest BCUT2D eigenvalue weighted by molar-refractivity contribution is 0.351. The van der Waals surface area contributed by atoms with Gasteiger partial charge in [-0.1, -0.05) is 18.2 Å². The van der Waals surface area contributed by atoms with E-state index in [1.54, 1.807) is 0 Å². The predicted octanol–water partition coefficient (Wildman–Crippen LogP) is 3.75. The van der Waals surface area contributed by atoms with Crippen LogP contribution in [0.4, 0.5) is 0 Å². The van der Waals surface area contributed by atoms with E-state index in [9.17, 15) is 5.11 Å². The molecule has 0 bridgehead atoms. The van der Waals surface area contributed by atoms with Crippen LogP contribution in [0.3, 0.4) is 0 Å².